The predicted octanol–water partition coefficient (Wildman–Crippen LogP) is 2.31. The van der Waals surface area contributed by atoms with Crippen molar-refractivity contribution in [3.63, 3.8) is 0 Å². The van der Waals surface area contributed by atoms with Gasteiger partial charge in [-0.15, -0.1) is 0 Å². The number of pyridine rings is 2. The highest BCUT2D eigenvalue weighted by molar-refractivity contribution is 5.57. The molecule has 0 saturated heterocycles. The Morgan fingerprint density at radius 3 is 2.85 bits per heavy atom. The number of nitro groups is 1. The van der Waals surface area contributed by atoms with Crippen LogP contribution in [0.1, 0.15) is 11.1 Å². The molecule has 7 nitrogen and oxygen atoms in total. The summed E-state index contributed by atoms with van der Waals surface area (Å²) in [6.07, 6.45) is 3.42. The SMILES string of the molecule is COc1ccc([N+](=O)[O-])c(NCc2cnccc2C)n1. The molecule has 0 aliphatic carbocycles. The summed E-state index contributed by atoms with van der Waals surface area (Å²) in [6, 6.07) is 4.70. The van der Waals surface area contributed by atoms with Gasteiger partial charge in [0.1, 0.15) is 0 Å². The topological polar surface area (TPSA) is 90.2 Å². The average molecular weight is 274 g/mol. The zero-order chi connectivity index (χ0) is 14.5. The van der Waals surface area contributed by atoms with Crippen molar-refractivity contribution in [2.45, 2.75) is 13.5 Å². The number of aryl methyl sites for hydroxylation is 1. The molecule has 0 fully saturated rings. The van der Waals surface area contributed by atoms with Crippen LogP contribution in [0, 0.1) is 17.0 Å². The van der Waals surface area contributed by atoms with Gasteiger partial charge in [-0.3, -0.25) is 15.1 Å². The second-order valence-corrected chi connectivity index (χ2v) is 4.13. The minimum Gasteiger partial charge on any atom is -0.481 e. The van der Waals surface area contributed by atoms with E-state index in [0.717, 1.165) is 11.1 Å². The van der Waals surface area contributed by atoms with E-state index in [1.165, 1.54) is 19.2 Å². The Balaban J connectivity index is 2.24. The standard InChI is InChI=1S/C13H14N4O3/c1-9-5-6-14-7-10(9)8-15-13-11(17(18)19)3-4-12(16-13)20-2/h3-7H,8H2,1-2H3,(H,15,16). The van der Waals surface area contributed by atoms with E-state index >= 15 is 0 Å². The first-order valence-corrected chi connectivity index (χ1v) is 5.94. The number of anilines is 1. The maximum absolute atomic E-state index is 11.0. The van der Waals surface area contributed by atoms with Crippen LogP contribution in [0.5, 0.6) is 5.88 Å². The molecule has 20 heavy (non-hydrogen) atoms. The van der Waals surface area contributed by atoms with Gasteiger partial charge in [0, 0.05) is 31.1 Å². The molecule has 1 N–H and O–H groups in total. The maximum atomic E-state index is 11.0. The summed E-state index contributed by atoms with van der Waals surface area (Å²) in [7, 11) is 1.46. The number of methoxy groups -OCH3 is 1. The minimum absolute atomic E-state index is 0.0904. The van der Waals surface area contributed by atoms with Gasteiger partial charge in [0.15, 0.2) is 0 Å². The fourth-order valence-electron chi connectivity index (χ4n) is 1.69. The fourth-order valence-corrected chi connectivity index (χ4v) is 1.69. The molecule has 0 amide bonds. The Labute approximate surface area is 115 Å². The van der Waals surface area contributed by atoms with Gasteiger partial charge in [-0.25, -0.2) is 0 Å². The van der Waals surface area contributed by atoms with Crippen LogP contribution >= 0.6 is 0 Å². The summed E-state index contributed by atoms with van der Waals surface area (Å²) in [5, 5.41) is 13.9. The molecule has 2 aromatic rings. The normalized spacial score (nSPS) is 10.1. The first-order valence-electron chi connectivity index (χ1n) is 5.94. The molecular weight excluding hydrogens is 260 g/mol. The molecule has 0 aliphatic rings. The second kappa shape index (κ2) is 5.96. The van der Waals surface area contributed by atoms with E-state index in [4.69, 9.17) is 4.74 Å². The predicted molar refractivity (Wildman–Crippen MR) is 73.7 cm³/mol. The van der Waals surface area contributed by atoms with Crippen LogP contribution in [0.3, 0.4) is 0 Å². The smallest absolute Gasteiger partial charge is 0.311 e. The van der Waals surface area contributed by atoms with E-state index in [-0.39, 0.29) is 11.5 Å². The van der Waals surface area contributed by atoms with Gasteiger partial charge >= 0.3 is 5.69 Å². The maximum Gasteiger partial charge on any atom is 0.311 e. The Hall–Kier alpha value is -2.70. The lowest BCUT2D eigenvalue weighted by Crippen LogP contribution is -2.06. The van der Waals surface area contributed by atoms with Crippen molar-refractivity contribution in [1.82, 2.24) is 9.97 Å². The molecule has 0 bridgehead atoms. The molecule has 2 aromatic heterocycles. The zero-order valence-corrected chi connectivity index (χ0v) is 11.2. The van der Waals surface area contributed by atoms with E-state index in [1.54, 1.807) is 12.4 Å². The van der Waals surface area contributed by atoms with Gasteiger partial charge in [-0.2, -0.15) is 4.98 Å². The molecule has 2 rings (SSSR count). The highest BCUT2D eigenvalue weighted by atomic mass is 16.6. The van der Waals surface area contributed by atoms with Crippen LogP contribution in [0.15, 0.2) is 30.6 Å². The second-order valence-electron chi connectivity index (χ2n) is 4.13. The van der Waals surface area contributed by atoms with E-state index in [2.05, 4.69) is 15.3 Å². The Morgan fingerprint density at radius 2 is 2.20 bits per heavy atom. The lowest BCUT2D eigenvalue weighted by atomic mass is 10.1. The number of aromatic nitrogens is 2. The number of rotatable bonds is 5. The Kier molecular flexibility index (Phi) is 4.09. The monoisotopic (exact) mass is 274 g/mol. The quantitative estimate of drug-likeness (QED) is 0.664. The van der Waals surface area contributed by atoms with E-state index in [0.29, 0.717) is 12.4 Å². The molecule has 0 atom stereocenters. The number of nitrogens with zero attached hydrogens (tertiary/aromatic N) is 3. The van der Waals surface area contributed by atoms with Gasteiger partial charge < -0.3 is 10.1 Å². The van der Waals surface area contributed by atoms with Crippen molar-refractivity contribution in [2.75, 3.05) is 12.4 Å². The van der Waals surface area contributed by atoms with Crippen LogP contribution in [-0.4, -0.2) is 22.0 Å². The third-order valence-corrected chi connectivity index (χ3v) is 2.85. The molecule has 104 valence electrons. The number of ether oxygens (including phenoxy) is 1. The zero-order valence-electron chi connectivity index (χ0n) is 11.2. The molecule has 0 aromatic carbocycles. The highest BCUT2D eigenvalue weighted by Crippen LogP contribution is 2.25. The van der Waals surface area contributed by atoms with Crippen LogP contribution in [-0.2, 0) is 6.54 Å². The molecule has 0 spiro atoms. The molecular formula is C13H14N4O3. The Bertz CT molecular complexity index is 631. The summed E-state index contributed by atoms with van der Waals surface area (Å²) < 4.78 is 4.98. The van der Waals surface area contributed by atoms with Crippen LogP contribution in [0.4, 0.5) is 11.5 Å². The molecule has 0 unspecified atom stereocenters. The average Bonchev–Trinajstić information content (AvgIpc) is 2.46. The summed E-state index contributed by atoms with van der Waals surface area (Å²) in [5.41, 5.74) is 1.91. The van der Waals surface area contributed by atoms with Crippen LogP contribution < -0.4 is 10.1 Å². The van der Waals surface area contributed by atoms with Crippen molar-refractivity contribution in [3.05, 3.63) is 51.8 Å². The van der Waals surface area contributed by atoms with Crippen LogP contribution in [0.25, 0.3) is 0 Å². The summed E-state index contributed by atoms with van der Waals surface area (Å²) in [4.78, 5) is 18.6. The van der Waals surface area contributed by atoms with Gasteiger partial charge in [0.25, 0.3) is 0 Å². The minimum atomic E-state index is -0.481. The number of nitrogens with one attached hydrogen (secondary N) is 1. The molecule has 2 heterocycles. The lowest BCUT2D eigenvalue weighted by Gasteiger charge is -2.09. The molecule has 0 radical (unpaired) electrons. The first kappa shape index (κ1) is 13.7. The molecule has 7 heteroatoms. The lowest BCUT2D eigenvalue weighted by molar-refractivity contribution is -0.384. The van der Waals surface area contributed by atoms with Gasteiger partial charge in [0.2, 0.25) is 11.7 Å². The fraction of sp³-hybridized carbons (Fsp3) is 0.231. The number of hydrogen-bond donors (Lipinski definition) is 1. The van der Waals surface area contributed by atoms with E-state index < -0.39 is 4.92 Å². The largest absolute Gasteiger partial charge is 0.481 e. The first-order chi connectivity index (χ1) is 9.61. The van der Waals surface area contributed by atoms with Crippen molar-refractivity contribution < 1.29 is 9.66 Å². The van der Waals surface area contributed by atoms with Crippen molar-refractivity contribution in [3.8, 4) is 5.88 Å². The van der Waals surface area contributed by atoms with Crippen molar-refractivity contribution >= 4 is 11.5 Å². The summed E-state index contributed by atoms with van der Waals surface area (Å²) >= 11 is 0. The van der Waals surface area contributed by atoms with Crippen LogP contribution in [0.2, 0.25) is 0 Å². The summed E-state index contributed by atoms with van der Waals surface area (Å²) in [5.74, 6) is 0.499. The van der Waals surface area contributed by atoms with Crippen molar-refractivity contribution in [2.24, 2.45) is 0 Å². The van der Waals surface area contributed by atoms with Crippen molar-refractivity contribution in [1.29, 1.82) is 0 Å². The highest BCUT2D eigenvalue weighted by Gasteiger charge is 2.16. The third kappa shape index (κ3) is 3.00. The van der Waals surface area contributed by atoms with E-state index in [1.807, 2.05) is 13.0 Å². The summed E-state index contributed by atoms with van der Waals surface area (Å²) in [6.45, 7) is 2.35. The number of hydrogen-bond acceptors (Lipinski definition) is 6. The van der Waals surface area contributed by atoms with Gasteiger partial charge in [0.05, 0.1) is 12.0 Å². The van der Waals surface area contributed by atoms with E-state index in [9.17, 15) is 10.1 Å². The van der Waals surface area contributed by atoms with Gasteiger partial charge in [-0.1, -0.05) is 0 Å². The third-order valence-electron chi connectivity index (χ3n) is 2.85. The molecule has 0 aliphatic heterocycles. The molecule has 0 saturated carbocycles. The Morgan fingerprint density at radius 1 is 1.40 bits per heavy atom. The van der Waals surface area contributed by atoms with Gasteiger partial charge in [-0.05, 0) is 24.1 Å².